The summed E-state index contributed by atoms with van der Waals surface area (Å²) in [6, 6.07) is 1.67. The van der Waals surface area contributed by atoms with E-state index in [9.17, 15) is 0 Å². The molecule has 1 saturated carbocycles. The second-order valence-corrected chi connectivity index (χ2v) is 5.78. The van der Waals surface area contributed by atoms with E-state index in [-0.39, 0.29) is 0 Å². The van der Waals surface area contributed by atoms with E-state index in [2.05, 4.69) is 36.1 Å². The zero-order chi connectivity index (χ0) is 11.5. The van der Waals surface area contributed by atoms with Crippen LogP contribution in [-0.2, 0) is 0 Å². The summed E-state index contributed by atoms with van der Waals surface area (Å²) in [7, 11) is 4.35. The monoisotopic (exact) mass is 225 g/mol. The Kier molecular flexibility index (Phi) is 4.22. The minimum absolute atomic E-state index is 0.748. The summed E-state index contributed by atoms with van der Waals surface area (Å²) in [5, 5.41) is 3.28. The predicted octanol–water partition coefficient (Wildman–Crippen LogP) is 1.01. The fourth-order valence-corrected chi connectivity index (χ4v) is 2.94. The predicted molar refractivity (Wildman–Crippen MR) is 68.7 cm³/mol. The molecule has 3 nitrogen and oxygen atoms in total. The first-order valence-corrected chi connectivity index (χ1v) is 6.79. The van der Waals surface area contributed by atoms with Gasteiger partial charge in [-0.1, -0.05) is 6.92 Å². The average Bonchev–Trinajstić information content (AvgIpc) is 3.04. The Morgan fingerprint density at radius 2 is 1.94 bits per heavy atom. The Morgan fingerprint density at radius 3 is 2.56 bits per heavy atom. The van der Waals surface area contributed by atoms with Crippen molar-refractivity contribution >= 4 is 0 Å². The number of rotatable bonds is 4. The van der Waals surface area contributed by atoms with E-state index < -0.39 is 0 Å². The van der Waals surface area contributed by atoms with Crippen molar-refractivity contribution in [1.82, 2.24) is 15.1 Å². The van der Waals surface area contributed by atoms with Gasteiger partial charge in [-0.25, -0.2) is 0 Å². The van der Waals surface area contributed by atoms with Crippen LogP contribution < -0.4 is 5.32 Å². The lowest BCUT2D eigenvalue weighted by Crippen LogP contribution is -2.41. The SMILES string of the molecule is CNCCC1CN(C2CC2)CC(C)CN1C. The van der Waals surface area contributed by atoms with E-state index in [0.29, 0.717) is 0 Å². The molecule has 1 saturated heterocycles. The highest BCUT2D eigenvalue weighted by molar-refractivity contribution is 4.90. The molecule has 0 radical (unpaired) electrons. The van der Waals surface area contributed by atoms with Crippen molar-refractivity contribution in [1.29, 1.82) is 0 Å². The zero-order valence-electron chi connectivity index (χ0n) is 11.1. The van der Waals surface area contributed by atoms with Crippen molar-refractivity contribution in [3.8, 4) is 0 Å². The zero-order valence-corrected chi connectivity index (χ0v) is 11.1. The molecular formula is C13H27N3. The normalized spacial score (nSPS) is 33.9. The van der Waals surface area contributed by atoms with E-state index in [4.69, 9.17) is 0 Å². The van der Waals surface area contributed by atoms with Gasteiger partial charge in [-0.05, 0) is 45.8 Å². The molecule has 16 heavy (non-hydrogen) atoms. The molecule has 2 fully saturated rings. The molecule has 0 aromatic rings. The molecule has 0 aromatic carbocycles. The maximum atomic E-state index is 3.28. The maximum absolute atomic E-state index is 3.28. The van der Waals surface area contributed by atoms with Gasteiger partial charge in [0.05, 0.1) is 0 Å². The second kappa shape index (κ2) is 5.48. The van der Waals surface area contributed by atoms with Gasteiger partial charge in [0.25, 0.3) is 0 Å². The molecule has 2 unspecified atom stereocenters. The van der Waals surface area contributed by atoms with Gasteiger partial charge in [0, 0.05) is 31.7 Å². The van der Waals surface area contributed by atoms with Crippen molar-refractivity contribution in [2.75, 3.05) is 40.3 Å². The quantitative estimate of drug-likeness (QED) is 0.770. The van der Waals surface area contributed by atoms with Crippen LogP contribution in [0.25, 0.3) is 0 Å². The van der Waals surface area contributed by atoms with E-state index >= 15 is 0 Å². The van der Waals surface area contributed by atoms with Crippen LogP contribution in [-0.4, -0.2) is 62.2 Å². The number of hydrogen-bond donors (Lipinski definition) is 1. The van der Waals surface area contributed by atoms with Crippen molar-refractivity contribution in [3.63, 3.8) is 0 Å². The fourth-order valence-electron chi connectivity index (χ4n) is 2.94. The number of nitrogens with one attached hydrogen (secondary N) is 1. The molecule has 0 amide bonds. The van der Waals surface area contributed by atoms with Gasteiger partial charge < -0.3 is 10.2 Å². The van der Waals surface area contributed by atoms with Crippen molar-refractivity contribution in [3.05, 3.63) is 0 Å². The van der Waals surface area contributed by atoms with Gasteiger partial charge in [-0.2, -0.15) is 0 Å². The highest BCUT2D eigenvalue weighted by Gasteiger charge is 2.34. The van der Waals surface area contributed by atoms with E-state index in [0.717, 1.165) is 24.5 Å². The first kappa shape index (κ1) is 12.3. The van der Waals surface area contributed by atoms with Gasteiger partial charge in [-0.15, -0.1) is 0 Å². The molecule has 0 bridgehead atoms. The van der Waals surface area contributed by atoms with Crippen molar-refractivity contribution in [2.24, 2.45) is 5.92 Å². The van der Waals surface area contributed by atoms with Gasteiger partial charge in [0.15, 0.2) is 0 Å². The Morgan fingerprint density at radius 1 is 1.19 bits per heavy atom. The lowest BCUT2D eigenvalue weighted by molar-refractivity contribution is 0.193. The largest absolute Gasteiger partial charge is 0.320 e. The summed E-state index contributed by atoms with van der Waals surface area (Å²) in [5.74, 6) is 0.824. The Bertz CT molecular complexity index is 215. The third-order valence-corrected chi connectivity index (χ3v) is 4.01. The summed E-state index contributed by atoms with van der Waals surface area (Å²) >= 11 is 0. The summed E-state index contributed by atoms with van der Waals surface area (Å²) in [4.78, 5) is 5.32. The van der Waals surface area contributed by atoms with Crippen LogP contribution in [0, 0.1) is 5.92 Å². The third-order valence-electron chi connectivity index (χ3n) is 4.01. The lowest BCUT2D eigenvalue weighted by Gasteiger charge is -2.29. The van der Waals surface area contributed by atoms with E-state index in [1.165, 1.54) is 38.9 Å². The summed E-state index contributed by atoms with van der Waals surface area (Å²) in [6.45, 7) is 7.39. The van der Waals surface area contributed by atoms with Crippen molar-refractivity contribution < 1.29 is 0 Å². The molecule has 0 aromatic heterocycles. The number of likely N-dealkylation sites (N-methyl/N-ethyl adjacent to an activating group) is 1. The minimum Gasteiger partial charge on any atom is -0.320 e. The Labute approximate surface area is 100 Å². The molecule has 1 aliphatic carbocycles. The standard InChI is InChI=1S/C13H27N3/c1-11-8-15(3)13(6-7-14-2)10-16(9-11)12-4-5-12/h11-14H,4-10H2,1-3H3. The van der Waals surface area contributed by atoms with E-state index in [1.54, 1.807) is 0 Å². The number of nitrogens with zero attached hydrogens (tertiary/aromatic N) is 2. The minimum atomic E-state index is 0.748. The fraction of sp³-hybridized carbons (Fsp3) is 1.00. The first-order valence-electron chi connectivity index (χ1n) is 6.79. The molecular weight excluding hydrogens is 198 g/mol. The molecule has 2 aliphatic rings. The molecule has 1 N–H and O–H groups in total. The van der Waals surface area contributed by atoms with Gasteiger partial charge in [0.2, 0.25) is 0 Å². The number of hydrogen-bond acceptors (Lipinski definition) is 3. The lowest BCUT2D eigenvalue weighted by atomic mass is 10.1. The third kappa shape index (κ3) is 3.19. The van der Waals surface area contributed by atoms with Crippen LogP contribution in [0.5, 0.6) is 0 Å². The van der Waals surface area contributed by atoms with Crippen LogP contribution in [0.1, 0.15) is 26.2 Å². The van der Waals surface area contributed by atoms with Crippen LogP contribution in [0.4, 0.5) is 0 Å². The highest BCUT2D eigenvalue weighted by atomic mass is 15.3. The Hall–Kier alpha value is -0.120. The van der Waals surface area contributed by atoms with Crippen LogP contribution in [0.3, 0.4) is 0 Å². The van der Waals surface area contributed by atoms with Gasteiger partial charge >= 0.3 is 0 Å². The van der Waals surface area contributed by atoms with Gasteiger partial charge in [0.1, 0.15) is 0 Å². The topological polar surface area (TPSA) is 18.5 Å². The summed E-state index contributed by atoms with van der Waals surface area (Å²) < 4.78 is 0. The smallest absolute Gasteiger partial charge is 0.0232 e. The molecule has 2 rings (SSSR count). The highest BCUT2D eigenvalue weighted by Crippen LogP contribution is 2.29. The first-order chi connectivity index (χ1) is 7.70. The Balaban J connectivity index is 1.92. The molecule has 1 heterocycles. The van der Waals surface area contributed by atoms with Gasteiger partial charge in [-0.3, -0.25) is 4.90 Å². The van der Waals surface area contributed by atoms with E-state index in [1.807, 2.05) is 0 Å². The maximum Gasteiger partial charge on any atom is 0.0232 e. The molecule has 1 aliphatic heterocycles. The summed E-state index contributed by atoms with van der Waals surface area (Å²) in [6.07, 6.45) is 4.16. The van der Waals surface area contributed by atoms with Crippen LogP contribution >= 0.6 is 0 Å². The average molecular weight is 225 g/mol. The van der Waals surface area contributed by atoms with Crippen molar-refractivity contribution in [2.45, 2.75) is 38.3 Å². The molecule has 94 valence electrons. The molecule has 0 spiro atoms. The summed E-state index contributed by atoms with van der Waals surface area (Å²) in [5.41, 5.74) is 0. The molecule has 2 atom stereocenters. The second-order valence-electron chi connectivity index (χ2n) is 5.78. The van der Waals surface area contributed by atoms with Crippen LogP contribution in [0.15, 0.2) is 0 Å². The molecule has 3 heteroatoms. The van der Waals surface area contributed by atoms with Crippen LogP contribution in [0.2, 0.25) is 0 Å².